The molecule has 4 nitrogen and oxygen atoms in total. The number of carbonyl (C=O) groups is 1. The molecule has 0 unspecified atom stereocenters. The fourth-order valence-electron chi connectivity index (χ4n) is 1.78. The summed E-state index contributed by atoms with van der Waals surface area (Å²) >= 11 is 1.29. The average molecular weight is 322 g/mol. The molecule has 0 bridgehead atoms. The summed E-state index contributed by atoms with van der Waals surface area (Å²) < 4.78 is 22.8. The van der Waals surface area contributed by atoms with E-state index in [1.165, 1.54) is 23.9 Å². The molecule has 0 spiro atoms. The second-order valence-electron chi connectivity index (χ2n) is 4.65. The minimum absolute atomic E-state index is 0.243. The lowest BCUT2D eigenvalue weighted by Crippen LogP contribution is -1.99. The van der Waals surface area contributed by atoms with Crippen LogP contribution in [0, 0.1) is 6.92 Å². The number of aromatic carboxylic acids is 1. The van der Waals surface area contributed by atoms with Crippen LogP contribution in [0.1, 0.15) is 15.9 Å². The molecule has 0 aromatic heterocycles. The Morgan fingerprint density at radius 1 is 1.10 bits per heavy atom. The molecule has 2 aromatic carbocycles. The SMILES string of the molecule is Cc1ccc(Sc2ccc(S(C)(=O)=O)cc2)c(C(=O)O)c1. The van der Waals surface area contributed by atoms with Gasteiger partial charge in [0.2, 0.25) is 0 Å². The Hall–Kier alpha value is -1.79. The van der Waals surface area contributed by atoms with E-state index in [-0.39, 0.29) is 10.5 Å². The first-order valence-electron chi connectivity index (χ1n) is 6.09. The number of rotatable bonds is 4. The predicted octanol–water partition coefficient (Wildman–Crippen LogP) is 3.25. The summed E-state index contributed by atoms with van der Waals surface area (Å²) in [6.07, 6.45) is 1.15. The summed E-state index contributed by atoms with van der Waals surface area (Å²) in [7, 11) is -3.22. The molecule has 0 aliphatic carbocycles. The van der Waals surface area contributed by atoms with Gasteiger partial charge >= 0.3 is 5.97 Å². The van der Waals surface area contributed by atoms with Crippen LogP contribution >= 0.6 is 11.8 Å². The molecular weight excluding hydrogens is 308 g/mol. The van der Waals surface area contributed by atoms with Gasteiger partial charge < -0.3 is 5.11 Å². The first-order valence-corrected chi connectivity index (χ1v) is 8.80. The number of carboxylic acids is 1. The molecule has 2 rings (SSSR count). The summed E-state index contributed by atoms with van der Waals surface area (Å²) in [4.78, 5) is 12.9. The summed E-state index contributed by atoms with van der Waals surface area (Å²) in [5.41, 5.74) is 1.12. The molecule has 0 radical (unpaired) electrons. The third-order valence-electron chi connectivity index (χ3n) is 2.85. The van der Waals surface area contributed by atoms with Gasteiger partial charge in [-0.15, -0.1) is 0 Å². The maximum atomic E-state index is 11.4. The number of aryl methyl sites for hydroxylation is 1. The normalized spacial score (nSPS) is 11.3. The van der Waals surface area contributed by atoms with E-state index < -0.39 is 15.8 Å². The fraction of sp³-hybridized carbons (Fsp3) is 0.133. The highest BCUT2D eigenvalue weighted by molar-refractivity contribution is 7.99. The maximum absolute atomic E-state index is 11.4. The fourth-order valence-corrected chi connectivity index (χ4v) is 3.33. The van der Waals surface area contributed by atoms with Crippen LogP contribution in [0.2, 0.25) is 0 Å². The Kier molecular flexibility index (Phi) is 4.39. The third kappa shape index (κ3) is 3.86. The van der Waals surface area contributed by atoms with E-state index in [2.05, 4.69) is 0 Å². The van der Waals surface area contributed by atoms with Gasteiger partial charge in [-0.2, -0.15) is 0 Å². The summed E-state index contributed by atoms with van der Waals surface area (Å²) in [5, 5.41) is 9.23. The second-order valence-corrected chi connectivity index (χ2v) is 7.78. The van der Waals surface area contributed by atoms with Crippen molar-refractivity contribution in [1.82, 2.24) is 0 Å². The molecule has 6 heteroatoms. The molecule has 0 atom stereocenters. The Morgan fingerprint density at radius 3 is 2.24 bits per heavy atom. The summed E-state index contributed by atoms with van der Waals surface area (Å²) in [6, 6.07) is 11.6. The van der Waals surface area contributed by atoms with Crippen molar-refractivity contribution in [2.24, 2.45) is 0 Å². The number of hydrogen-bond acceptors (Lipinski definition) is 4. The zero-order valence-electron chi connectivity index (χ0n) is 11.5. The van der Waals surface area contributed by atoms with Gasteiger partial charge in [0.1, 0.15) is 0 Å². The van der Waals surface area contributed by atoms with E-state index >= 15 is 0 Å². The lowest BCUT2D eigenvalue weighted by molar-refractivity contribution is 0.0693. The molecule has 110 valence electrons. The van der Waals surface area contributed by atoms with Gasteiger partial charge in [-0.1, -0.05) is 23.4 Å². The van der Waals surface area contributed by atoms with Gasteiger partial charge in [-0.25, -0.2) is 13.2 Å². The first-order chi connectivity index (χ1) is 9.77. The molecule has 0 amide bonds. The van der Waals surface area contributed by atoms with E-state index in [0.717, 1.165) is 16.7 Å². The van der Waals surface area contributed by atoms with Crippen LogP contribution in [0.4, 0.5) is 0 Å². The van der Waals surface area contributed by atoms with Crippen LogP contribution in [0.5, 0.6) is 0 Å². The highest BCUT2D eigenvalue weighted by atomic mass is 32.2. The van der Waals surface area contributed by atoms with Gasteiger partial charge in [0.05, 0.1) is 10.5 Å². The van der Waals surface area contributed by atoms with Gasteiger partial charge in [0, 0.05) is 16.0 Å². The van der Waals surface area contributed by atoms with Crippen LogP contribution in [0.25, 0.3) is 0 Å². The number of sulfone groups is 1. The zero-order chi connectivity index (χ0) is 15.6. The quantitative estimate of drug-likeness (QED) is 0.935. The smallest absolute Gasteiger partial charge is 0.336 e. The highest BCUT2D eigenvalue weighted by Crippen LogP contribution is 2.31. The van der Waals surface area contributed by atoms with Gasteiger partial charge in [-0.3, -0.25) is 0 Å². The van der Waals surface area contributed by atoms with Crippen molar-refractivity contribution in [2.75, 3.05) is 6.26 Å². The lowest BCUT2D eigenvalue weighted by Gasteiger charge is -2.07. The molecular formula is C15H14O4S2. The summed E-state index contributed by atoms with van der Waals surface area (Å²) in [6.45, 7) is 1.84. The number of benzene rings is 2. The Bertz CT molecular complexity index is 778. The molecule has 2 aromatic rings. The van der Waals surface area contributed by atoms with Crippen LogP contribution in [0.3, 0.4) is 0 Å². The Balaban J connectivity index is 2.33. The lowest BCUT2D eigenvalue weighted by atomic mass is 10.1. The van der Waals surface area contributed by atoms with Gasteiger partial charge in [0.25, 0.3) is 0 Å². The topological polar surface area (TPSA) is 71.4 Å². The minimum atomic E-state index is -3.22. The van der Waals surface area contributed by atoms with Gasteiger partial charge in [-0.05, 0) is 43.3 Å². The van der Waals surface area contributed by atoms with Crippen molar-refractivity contribution in [2.45, 2.75) is 21.6 Å². The molecule has 0 heterocycles. The van der Waals surface area contributed by atoms with Crippen molar-refractivity contribution in [3.63, 3.8) is 0 Å². The van der Waals surface area contributed by atoms with E-state index in [9.17, 15) is 18.3 Å². The van der Waals surface area contributed by atoms with E-state index in [0.29, 0.717) is 4.90 Å². The first kappa shape index (κ1) is 15.6. The minimum Gasteiger partial charge on any atom is -0.478 e. The highest BCUT2D eigenvalue weighted by Gasteiger charge is 2.12. The largest absolute Gasteiger partial charge is 0.478 e. The van der Waals surface area contributed by atoms with Crippen LogP contribution in [-0.4, -0.2) is 25.7 Å². The second kappa shape index (κ2) is 5.91. The standard InChI is InChI=1S/C15H14O4S2/c1-10-3-8-14(13(9-10)15(16)17)20-11-4-6-12(7-5-11)21(2,18)19/h3-9H,1-2H3,(H,16,17). The molecule has 0 aliphatic heterocycles. The predicted molar refractivity (Wildman–Crippen MR) is 81.8 cm³/mol. The molecule has 0 saturated heterocycles. The Morgan fingerprint density at radius 2 is 1.71 bits per heavy atom. The van der Waals surface area contributed by atoms with Crippen LogP contribution < -0.4 is 0 Å². The third-order valence-corrected chi connectivity index (χ3v) is 5.06. The molecule has 1 N–H and O–H groups in total. The van der Waals surface area contributed by atoms with Crippen molar-refractivity contribution in [3.05, 3.63) is 53.6 Å². The molecule has 0 fully saturated rings. The van der Waals surface area contributed by atoms with Crippen molar-refractivity contribution < 1.29 is 18.3 Å². The number of carboxylic acid groups (broad SMARTS) is 1. The molecule has 0 saturated carbocycles. The van der Waals surface area contributed by atoms with Crippen molar-refractivity contribution in [3.8, 4) is 0 Å². The van der Waals surface area contributed by atoms with Gasteiger partial charge in [0.15, 0.2) is 9.84 Å². The van der Waals surface area contributed by atoms with Crippen molar-refractivity contribution >= 4 is 27.6 Å². The summed E-state index contributed by atoms with van der Waals surface area (Å²) in [5.74, 6) is -0.978. The average Bonchev–Trinajstić information content (AvgIpc) is 2.40. The van der Waals surface area contributed by atoms with E-state index in [1.54, 1.807) is 24.3 Å². The van der Waals surface area contributed by atoms with Crippen LogP contribution in [-0.2, 0) is 9.84 Å². The zero-order valence-corrected chi connectivity index (χ0v) is 13.2. The van der Waals surface area contributed by atoms with Crippen molar-refractivity contribution in [1.29, 1.82) is 0 Å². The van der Waals surface area contributed by atoms with E-state index in [1.807, 2.05) is 13.0 Å². The molecule has 0 aliphatic rings. The van der Waals surface area contributed by atoms with Crippen LogP contribution in [0.15, 0.2) is 57.2 Å². The Labute approximate surface area is 127 Å². The number of hydrogen-bond donors (Lipinski definition) is 1. The monoisotopic (exact) mass is 322 g/mol. The molecule has 21 heavy (non-hydrogen) atoms. The maximum Gasteiger partial charge on any atom is 0.336 e. The van der Waals surface area contributed by atoms with E-state index in [4.69, 9.17) is 0 Å².